The van der Waals surface area contributed by atoms with E-state index in [1.807, 2.05) is 19.9 Å². The molecule has 1 amide bonds. The van der Waals surface area contributed by atoms with Gasteiger partial charge in [0.1, 0.15) is 11.7 Å². The molecule has 1 unspecified atom stereocenters. The molecule has 3 heterocycles. The van der Waals surface area contributed by atoms with Gasteiger partial charge >= 0.3 is 6.09 Å². The Morgan fingerprint density at radius 1 is 1.33 bits per heavy atom. The molecule has 0 aliphatic carbocycles. The van der Waals surface area contributed by atoms with Crippen LogP contribution in [0.1, 0.15) is 44.5 Å². The lowest BCUT2D eigenvalue weighted by molar-refractivity contribution is 0.0575. The van der Waals surface area contributed by atoms with Gasteiger partial charge in [0.15, 0.2) is 0 Å². The normalized spacial score (nSPS) is 16.9. The Balaban J connectivity index is 1.77. The van der Waals surface area contributed by atoms with E-state index in [1.54, 1.807) is 51.4 Å². The molecule has 0 radical (unpaired) electrons. The summed E-state index contributed by atoms with van der Waals surface area (Å²) in [5.41, 5.74) is 2.54. The highest BCUT2D eigenvalue weighted by Crippen LogP contribution is 2.45. The van der Waals surface area contributed by atoms with Gasteiger partial charge in [-0.3, -0.25) is 9.88 Å². The van der Waals surface area contributed by atoms with Gasteiger partial charge in [0.25, 0.3) is 0 Å². The second-order valence-electron chi connectivity index (χ2n) is 9.99. The Morgan fingerprint density at radius 2 is 2.08 bits per heavy atom. The van der Waals surface area contributed by atoms with Crippen LogP contribution in [0.25, 0.3) is 11.3 Å². The number of hydrogen-bond donors (Lipinski definition) is 2. The summed E-state index contributed by atoms with van der Waals surface area (Å²) in [6.45, 7) is 9.00. The summed E-state index contributed by atoms with van der Waals surface area (Å²) < 4.78 is 5.57. The molecule has 4 rings (SSSR count). The summed E-state index contributed by atoms with van der Waals surface area (Å²) in [5.74, 6) is 0.332. The average molecular weight is 507 g/mol. The van der Waals surface area contributed by atoms with Gasteiger partial charge in [-0.1, -0.05) is 18.5 Å². The van der Waals surface area contributed by atoms with Crippen molar-refractivity contribution in [3.8, 4) is 17.3 Å². The van der Waals surface area contributed by atoms with Crippen molar-refractivity contribution in [2.45, 2.75) is 45.6 Å². The number of aliphatic hydroxyl groups excluding tert-OH is 1. The van der Waals surface area contributed by atoms with Crippen LogP contribution < -0.4 is 10.2 Å². The number of carbonyl (C=O) groups excluding carboxylic acids is 1. The topological polar surface area (TPSA) is 124 Å². The van der Waals surface area contributed by atoms with E-state index in [0.29, 0.717) is 39.2 Å². The zero-order chi connectivity index (χ0) is 26.3. The number of aryl methyl sites for hydroxylation is 1. The van der Waals surface area contributed by atoms with Gasteiger partial charge < -0.3 is 15.2 Å². The van der Waals surface area contributed by atoms with Crippen molar-refractivity contribution in [2.24, 2.45) is 0 Å². The predicted octanol–water partition coefficient (Wildman–Crippen LogP) is 5.12. The first-order valence-electron chi connectivity index (χ1n) is 11.4. The van der Waals surface area contributed by atoms with Crippen molar-refractivity contribution >= 4 is 35.0 Å². The fourth-order valence-corrected chi connectivity index (χ4v) is 4.23. The maximum atomic E-state index is 13.0. The molecule has 0 fully saturated rings. The molecular weight excluding hydrogens is 480 g/mol. The predicted molar refractivity (Wildman–Crippen MR) is 137 cm³/mol. The van der Waals surface area contributed by atoms with Crippen molar-refractivity contribution in [3.63, 3.8) is 0 Å². The lowest BCUT2D eigenvalue weighted by Crippen LogP contribution is -2.40. The number of anilines is 3. The third-order valence-corrected chi connectivity index (χ3v) is 6.08. The average Bonchev–Trinajstić information content (AvgIpc) is 3.13. The third-order valence-electron chi connectivity index (χ3n) is 5.87. The smallest absolute Gasteiger partial charge is 0.414 e. The van der Waals surface area contributed by atoms with Crippen LogP contribution in [0.4, 0.5) is 22.1 Å². The molecule has 36 heavy (non-hydrogen) atoms. The monoisotopic (exact) mass is 506 g/mol. The number of carbonyl (C=O) groups is 1. The summed E-state index contributed by atoms with van der Waals surface area (Å²) in [4.78, 5) is 27.6. The number of rotatable bonds is 4. The zero-order valence-corrected chi connectivity index (χ0v) is 21.5. The molecule has 2 aromatic heterocycles. The standard InChI is InChI=1S/C26H27ClN6O3/c1-15-21(10-18(27)12-30-15)32-23-29-7-6-20(31-23)16-8-17(11-28)22-19(9-16)26(5,14-34)13-33(22)24(35)36-25(2,3)4/h6-10,12,34H,13-14H2,1-5H3,(H,29,31,32). The lowest BCUT2D eigenvalue weighted by atomic mass is 9.83. The molecular formula is C26H27ClN6O3. The minimum atomic E-state index is -0.786. The highest BCUT2D eigenvalue weighted by atomic mass is 35.5. The van der Waals surface area contributed by atoms with Crippen LogP contribution in [0.3, 0.4) is 0 Å². The van der Waals surface area contributed by atoms with Gasteiger partial charge in [-0.25, -0.2) is 14.8 Å². The first kappa shape index (κ1) is 25.4. The number of pyridine rings is 1. The summed E-state index contributed by atoms with van der Waals surface area (Å²) >= 11 is 6.08. The number of hydrogen-bond acceptors (Lipinski definition) is 8. The van der Waals surface area contributed by atoms with Crippen molar-refractivity contribution in [1.29, 1.82) is 5.26 Å². The maximum Gasteiger partial charge on any atom is 0.414 e. The quantitative estimate of drug-likeness (QED) is 0.499. The largest absolute Gasteiger partial charge is 0.443 e. The van der Waals surface area contributed by atoms with Gasteiger partial charge in [-0.05, 0) is 57.5 Å². The van der Waals surface area contributed by atoms with Crippen LogP contribution in [0, 0.1) is 18.3 Å². The number of amides is 1. The number of nitrogens with one attached hydrogen (secondary N) is 1. The van der Waals surface area contributed by atoms with Gasteiger partial charge in [0.2, 0.25) is 5.95 Å². The van der Waals surface area contributed by atoms with E-state index in [2.05, 4.69) is 26.3 Å². The van der Waals surface area contributed by atoms with Crippen LogP contribution in [0.5, 0.6) is 0 Å². The van der Waals surface area contributed by atoms with Crippen molar-refractivity contribution < 1.29 is 14.6 Å². The fourth-order valence-electron chi connectivity index (χ4n) is 4.07. The lowest BCUT2D eigenvalue weighted by Gasteiger charge is -2.26. The van der Waals surface area contributed by atoms with Crippen LogP contribution in [0.2, 0.25) is 5.02 Å². The molecule has 1 aliphatic rings. The van der Waals surface area contributed by atoms with Crippen LogP contribution >= 0.6 is 11.6 Å². The Morgan fingerprint density at radius 3 is 2.75 bits per heavy atom. The van der Waals surface area contributed by atoms with Gasteiger partial charge in [0, 0.05) is 29.9 Å². The van der Waals surface area contributed by atoms with E-state index < -0.39 is 17.1 Å². The molecule has 9 nitrogen and oxygen atoms in total. The fraction of sp³-hybridized carbons (Fsp3) is 0.346. The third kappa shape index (κ3) is 4.96. The highest BCUT2D eigenvalue weighted by Gasteiger charge is 2.44. The molecule has 10 heteroatoms. The van der Waals surface area contributed by atoms with E-state index in [1.165, 1.54) is 4.90 Å². The number of fused-ring (bicyclic) bond motifs is 1. The molecule has 3 aromatic rings. The van der Waals surface area contributed by atoms with Crippen LogP contribution in [-0.4, -0.2) is 44.9 Å². The molecule has 0 spiro atoms. The second-order valence-corrected chi connectivity index (χ2v) is 10.4. The van der Waals surface area contributed by atoms with Crippen molar-refractivity contribution in [2.75, 3.05) is 23.4 Å². The van der Waals surface area contributed by atoms with Crippen molar-refractivity contribution in [1.82, 2.24) is 15.0 Å². The van der Waals surface area contributed by atoms with E-state index in [0.717, 1.165) is 5.69 Å². The Labute approximate surface area is 214 Å². The van der Waals surface area contributed by atoms with Crippen molar-refractivity contribution in [3.05, 3.63) is 58.5 Å². The number of benzene rings is 1. The van der Waals surface area contributed by atoms with Crippen LogP contribution in [0.15, 0.2) is 36.7 Å². The van der Waals surface area contributed by atoms with Crippen LogP contribution in [-0.2, 0) is 10.2 Å². The molecule has 1 atom stereocenters. The van der Waals surface area contributed by atoms with Gasteiger partial charge in [-0.15, -0.1) is 0 Å². The number of nitrogens with zero attached hydrogens (tertiary/aromatic N) is 5. The number of halogens is 1. The SMILES string of the molecule is Cc1ncc(Cl)cc1Nc1nccc(-c2cc(C#N)c3c(c2)C(C)(CO)CN3C(=O)OC(C)(C)C)n1. The van der Waals surface area contributed by atoms with E-state index in [4.69, 9.17) is 16.3 Å². The summed E-state index contributed by atoms with van der Waals surface area (Å²) in [6, 6.07) is 9.20. The molecule has 1 aliphatic heterocycles. The number of nitriles is 1. The van der Waals surface area contributed by atoms with Gasteiger partial charge in [0.05, 0.1) is 40.0 Å². The first-order valence-corrected chi connectivity index (χ1v) is 11.7. The van der Waals surface area contributed by atoms with E-state index in [-0.39, 0.29) is 18.7 Å². The second kappa shape index (κ2) is 9.37. The minimum absolute atomic E-state index is 0.184. The Bertz CT molecular complexity index is 1380. The molecule has 0 bridgehead atoms. The zero-order valence-electron chi connectivity index (χ0n) is 20.8. The van der Waals surface area contributed by atoms with Gasteiger partial charge in [-0.2, -0.15) is 5.26 Å². The molecule has 0 saturated heterocycles. The summed E-state index contributed by atoms with van der Waals surface area (Å²) in [7, 11) is 0. The van der Waals surface area contributed by atoms with E-state index in [9.17, 15) is 15.2 Å². The Kier molecular flexibility index (Phi) is 6.60. The number of aromatic nitrogens is 3. The number of ether oxygens (including phenoxy) is 1. The highest BCUT2D eigenvalue weighted by molar-refractivity contribution is 6.30. The summed E-state index contributed by atoms with van der Waals surface area (Å²) in [6.07, 6.45) is 2.60. The van der Waals surface area contributed by atoms with E-state index >= 15 is 0 Å². The summed E-state index contributed by atoms with van der Waals surface area (Å²) in [5, 5.41) is 23.9. The molecule has 186 valence electrons. The molecule has 0 saturated carbocycles. The maximum absolute atomic E-state index is 13.0. The molecule has 2 N–H and O–H groups in total. The first-order chi connectivity index (χ1) is 16.9. The Hall–Kier alpha value is -3.74. The number of aliphatic hydroxyl groups is 1. The molecule has 1 aromatic carbocycles. The minimum Gasteiger partial charge on any atom is -0.443 e.